The minimum absolute atomic E-state index is 0.354. The normalized spacial score (nSPS) is 16.3. The van der Waals surface area contributed by atoms with Gasteiger partial charge in [0.2, 0.25) is 0 Å². The molecule has 0 bridgehead atoms. The van der Waals surface area contributed by atoms with Crippen molar-refractivity contribution >= 4 is 11.8 Å². The van der Waals surface area contributed by atoms with E-state index < -0.39 is 0 Å². The highest BCUT2D eigenvalue weighted by Crippen LogP contribution is 2.12. The van der Waals surface area contributed by atoms with Crippen molar-refractivity contribution in [3.8, 4) is 0 Å². The van der Waals surface area contributed by atoms with E-state index in [9.17, 15) is 0 Å². The van der Waals surface area contributed by atoms with Gasteiger partial charge in [-0.2, -0.15) is 11.8 Å². The third-order valence-corrected chi connectivity index (χ3v) is 2.77. The Kier molecular flexibility index (Phi) is 5.84. The van der Waals surface area contributed by atoms with Crippen LogP contribution in [0.15, 0.2) is 12.7 Å². The minimum atomic E-state index is 0.354. The van der Waals surface area contributed by atoms with Crippen molar-refractivity contribution in [2.24, 2.45) is 5.73 Å². The number of hydrogen-bond acceptors (Lipinski definition) is 2. The highest BCUT2D eigenvalue weighted by atomic mass is 32.2. The molecule has 0 aromatic heterocycles. The fraction of sp³-hybridized carbons (Fsp3) is 0.750. The molecule has 2 unspecified atom stereocenters. The molecule has 0 saturated carbocycles. The van der Waals surface area contributed by atoms with Gasteiger partial charge in [0.15, 0.2) is 0 Å². The van der Waals surface area contributed by atoms with Gasteiger partial charge in [-0.15, -0.1) is 6.58 Å². The fourth-order valence-electron chi connectivity index (χ4n) is 0.461. The van der Waals surface area contributed by atoms with Crippen LogP contribution < -0.4 is 5.73 Å². The van der Waals surface area contributed by atoms with E-state index in [2.05, 4.69) is 20.4 Å². The van der Waals surface area contributed by atoms with Gasteiger partial charge in [-0.25, -0.2) is 0 Å². The van der Waals surface area contributed by atoms with Gasteiger partial charge in [-0.05, 0) is 13.3 Å². The van der Waals surface area contributed by atoms with Crippen molar-refractivity contribution in [1.29, 1.82) is 0 Å². The Morgan fingerprint density at radius 1 is 1.70 bits per heavy atom. The predicted molar refractivity (Wildman–Crippen MR) is 50.4 cm³/mol. The summed E-state index contributed by atoms with van der Waals surface area (Å²) >= 11 is 1.87. The maximum Gasteiger partial charge on any atom is 0.0196 e. The van der Waals surface area contributed by atoms with Crippen molar-refractivity contribution in [3.05, 3.63) is 12.7 Å². The van der Waals surface area contributed by atoms with E-state index >= 15 is 0 Å². The zero-order valence-electron chi connectivity index (χ0n) is 6.84. The largest absolute Gasteiger partial charge is 0.327 e. The van der Waals surface area contributed by atoms with E-state index in [0.29, 0.717) is 11.3 Å². The molecular weight excluding hydrogens is 142 g/mol. The van der Waals surface area contributed by atoms with Crippen molar-refractivity contribution in [1.82, 2.24) is 0 Å². The fourth-order valence-corrected chi connectivity index (χ4v) is 1.38. The molecule has 0 spiro atoms. The molecule has 1 nitrogen and oxygen atoms in total. The van der Waals surface area contributed by atoms with Gasteiger partial charge in [0.25, 0.3) is 0 Å². The molecule has 60 valence electrons. The average molecular weight is 159 g/mol. The van der Waals surface area contributed by atoms with Crippen molar-refractivity contribution < 1.29 is 0 Å². The third-order valence-electron chi connectivity index (χ3n) is 1.43. The SMILES string of the molecule is C=CC(C)SCC(N)CC. The third kappa shape index (κ3) is 4.89. The van der Waals surface area contributed by atoms with E-state index in [1.165, 1.54) is 0 Å². The van der Waals surface area contributed by atoms with E-state index in [-0.39, 0.29) is 0 Å². The van der Waals surface area contributed by atoms with E-state index in [4.69, 9.17) is 5.73 Å². The zero-order chi connectivity index (χ0) is 7.98. The standard InChI is InChI=1S/C8H17NS/c1-4-7(3)10-6-8(9)5-2/h4,7-8H,1,5-6,9H2,2-3H3. The molecule has 0 aromatic rings. The Hall–Kier alpha value is 0.0500. The summed E-state index contributed by atoms with van der Waals surface area (Å²) in [6, 6.07) is 0.354. The molecule has 0 amide bonds. The molecule has 0 radical (unpaired) electrons. The summed E-state index contributed by atoms with van der Waals surface area (Å²) in [5, 5.41) is 0.539. The number of thioether (sulfide) groups is 1. The van der Waals surface area contributed by atoms with Gasteiger partial charge in [0.1, 0.15) is 0 Å². The maximum atomic E-state index is 5.72. The number of rotatable bonds is 5. The molecule has 2 N–H and O–H groups in total. The Labute approximate surface area is 68.1 Å². The van der Waals surface area contributed by atoms with E-state index in [0.717, 1.165) is 12.2 Å². The smallest absolute Gasteiger partial charge is 0.0196 e. The number of nitrogens with two attached hydrogens (primary N) is 1. The first-order valence-electron chi connectivity index (χ1n) is 3.70. The van der Waals surface area contributed by atoms with Crippen molar-refractivity contribution in [2.75, 3.05) is 5.75 Å². The highest BCUT2D eigenvalue weighted by Gasteiger charge is 2.01. The second-order valence-electron chi connectivity index (χ2n) is 2.44. The van der Waals surface area contributed by atoms with Crippen LogP contribution >= 0.6 is 11.8 Å². The number of hydrogen-bond donors (Lipinski definition) is 1. The molecule has 0 fully saturated rings. The maximum absolute atomic E-state index is 5.72. The zero-order valence-corrected chi connectivity index (χ0v) is 7.66. The van der Waals surface area contributed by atoms with Gasteiger partial charge >= 0.3 is 0 Å². The van der Waals surface area contributed by atoms with E-state index in [1.807, 2.05) is 17.8 Å². The molecule has 0 saturated heterocycles. The van der Waals surface area contributed by atoms with Crippen molar-refractivity contribution in [2.45, 2.75) is 31.6 Å². The Morgan fingerprint density at radius 3 is 2.70 bits per heavy atom. The highest BCUT2D eigenvalue weighted by molar-refractivity contribution is 8.00. The molecule has 0 aliphatic carbocycles. The average Bonchev–Trinajstić information content (AvgIpc) is 1.99. The lowest BCUT2D eigenvalue weighted by molar-refractivity contribution is 0.724. The molecule has 0 rings (SSSR count). The minimum Gasteiger partial charge on any atom is -0.327 e. The first kappa shape index (κ1) is 10.0. The summed E-state index contributed by atoms with van der Waals surface area (Å²) in [5.41, 5.74) is 5.72. The lowest BCUT2D eigenvalue weighted by atomic mass is 10.3. The first-order chi connectivity index (χ1) is 4.70. The molecule has 0 aliphatic rings. The van der Waals surface area contributed by atoms with Gasteiger partial charge in [0.05, 0.1) is 0 Å². The Morgan fingerprint density at radius 2 is 2.30 bits per heavy atom. The quantitative estimate of drug-likeness (QED) is 0.621. The molecule has 2 heteroatoms. The van der Waals surface area contributed by atoms with E-state index in [1.54, 1.807) is 0 Å². The van der Waals surface area contributed by atoms with Crippen LogP contribution in [0.5, 0.6) is 0 Å². The molecule has 10 heavy (non-hydrogen) atoms. The Bertz CT molecular complexity index is 93.3. The van der Waals surface area contributed by atoms with Crippen LogP contribution in [-0.4, -0.2) is 17.0 Å². The van der Waals surface area contributed by atoms with Crippen LogP contribution in [0.4, 0.5) is 0 Å². The summed E-state index contributed by atoms with van der Waals surface area (Å²) in [5.74, 6) is 1.05. The summed E-state index contributed by atoms with van der Waals surface area (Å²) in [6.45, 7) is 7.96. The van der Waals surface area contributed by atoms with Crippen LogP contribution in [0.1, 0.15) is 20.3 Å². The van der Waals surface area contributed by atoms with Crippen LogP contribution in [0.3, 0.4) is 0 Å². The first-order valence-corrected chi connectivity index (χ1v) is 4.75. The lowest BCUT2D eigenvalue weighted by Crippen LogP contribution is -2.22. The van der Waals surface area contributed by atoms with Gasteiger partial charge < -0.3 is 5.73 Å². The molecule has 0 aromatic carbocycles. The second-order valence-corrected chi connectivity index (χ2v) is 3.85. The van der Waals surface area contributed by atoms with Gasteiger partial charge in [0, 0.05) is 17.0 Å². The topological polar surface area (TPSA) is 26.0 Å². The molecule has 0 heterocycles. The lowest BCUT2D eigenvalue weighted by Gasteiger charge is -2.10. The molecule has 2 atom stereocenters. The van der Waals surface area contributed by atoms with Crippen molar-refractivity contribution in [3.63, 3.8) is 0 Å². The summed E-state index contributed by atoms with van der Waals surface area (Å²) in [6.07, 6.45) is 3.02. The Balaban J connectivity index is 3.25. The molecular formula is C8H17NS. The van der Waals surface area contributed by atoms with Gasteiger partial charge in [-0.3, -0.25) is 0 Å². The predicted octanol–water partition coefficient (Wildman–Crippen LogP) is 2.03. The summed E-state index contributed by atoms with van der Waals surface area (Å²) in [4.78, 5) is 0. The molecule has 0 aliphatic heterocycles. The monoisotopic (exact) mass is 159 g/mol. The second kappa shape index (κ2) is 5.81. The van der Waals surface area contributed by atoms with Crippen LogP contribution in [-0.2, 0) is 0 Å². The van der Waals surface area contributed by atoms with Gasteiger partial charge in [-0.1, -0.05) is 13.0 Å². The van der Waals surface area contributed by atoms with Crippen LogP contribution in [0.25, 0.3) is 0 Å². The van der Waals surface area contributed by atoms with Crippen LogP contribution in [0, 0.1) is 0 Å². The summed E-state index contributed by atoms with van der Waals surface area (Å²) in [7, 11) is 0. The van der Waals surface area contributed by atoms with Crippen LogP contribution in [0.2, 0.25) is 0 Å². The summed E-state index contributed by atoms with van der Waals surface area (Å²) < 4.78 is 0.